The highest BCUT2D eigenvalue weighted by Crippen LogP contribution is 2.39. The lowest BCUT2D eigenvalue weighted by atomic mass is 9.54. The average Bonchev–Trinajstić information content (AvgIpc) is 3.22. The molecule has 0 nitrogen and oxygen atoms in total. The minimum Gasteiger partial charge on any atom is -0.102 e. The van der Waals surface area contributed by atoms with E-state index in [2.05, 4.69) is 188 Å². The van der Waals surface area contributed by atoms with Gasteiger partial charge in [-0.1, -0.05) is 71.0 Å². The Morgan fingerprint density at radius 1 is 0.100 bits per heavy atom. The summed E-state index contributed by atoms with van der Waals surface area (Å²) in [5, 5.41) is 8.59. The summed E-state index contributed by atoms with van der Waals surface area (Å²) in [6, 6.07) is 0. The Kier molecular flexibility index (Phi) is 11.5. The Hall–Kier alpha value is -3.12. The number of rotatable bonds is 3. The first-order chi connectivity index (χ1) is 27.9. The average molecular weight is 740 g/mol. The van der Waals surface area contributed by atoms with E-state index in [4.69, 9.17) is 0 Å². The van der Waals surface area contributed by atoms with E-state index >= 15 is 0 Å². The zero-order valence-electron chi connectivity index (χ0n) is 42.0. The predicted octanol–water partition coefficient (Wildman–Crippen LogP) is -31.7. The fraction of sp³-hybridized carbons (Fsp3) is 0. The summed E-state index contributed by atoms with van der Waals surface area (Å²) in [5.41, 5.74) is 42.3. The number of fused-ring (bicyclic) bond motifs is 3. The molecule has 0 aliphatic rings. The monoisotopic (exact) mass is 745 g/mol. The molecule has 0 aliphatic carbocycles. The van der Waals surface area contributed by atoms with Gasteiger partial charge in [0.1, 0.15) is 188 Å². The van der Waals surface area contributed by atoms with E-state index in [1.165, 1.54) is 197 Å². The standard InChI is InChI=1S/C36H48B24/c37-13-3-1(9-20(44)31(55)35(59)32(56)21(9)45)5-6(16(40)28(52)27(51)15(5)39)2(10-22(46)33(57)36(60)34(58)23(10)47)4(3)14(38)19(43)11(13)7-8-12(24(48)26(50)17(7)41)25(49)30(54)29(53)18(8)42/h37-60H2. The molecule has 7 aromatic carbocycles. The van der Waals surface area contributed by atoms with Gasteiger partial charge in [-0.15, -0.1) is 60.1 Å². The van der Waals surface area contributed by atoms with E-state index < -0.39 is 0 Å². The second-order valence-electron chi connectivity index (χ2n) is 19.5. The first kappa shape index (κ1) is 44.9. The molecule has 0 bridgehead atoms. The van der Waals surface area contributed by atoms with Crippen LogP contribution in [0.15, 0.2) is 0 Å². The Labute approximate surface area is 382 Å². The third kappa shape index (κ3) is 5.86. The highest BCUT2D eigenvalue weighted by Gasteiger charge is 2.31. The second kappa shape index (κ2) is 15.3. The fourth-order valence-electron chi connectivity index (χ4n) is 11.8. The Morgan fingerprint density at radius 2 is 0.250 bits per heavy atom. The molecular formula is C36H48B24. The Bertz CT molecular complexity index is 3120. The molecule has 0 unspecified atom stereocenters. The van der Waals surface area contributed by atoms with Gasteiger partial charge in [0.15, 0.2) is 0 Å². The van der Waals surface area contributed by atoms with E-state index in [0.717, 1.165) is 0 Å². The van der Waals surface area contributed by atoms with E-state index in [1.807, 2.05) is 0 Å². The van der Waals surface area contributed by atoms with E-state index in [1.54, 1.807) is 0 Å². The summed E-state index contributed by atoms with van der Waals surface area (Å²) in [4.78, 5) is 0. The highest BCUT2D eigenvalue weighted by molar-refractivity contribution is 6.76. The van der Waals surface area contributed by atoms with Crippen molar-refractivity contribution in [3.8, 4) is 33.4 Å². The third-order valence-corrected chi connectivity index (χ3v) is 17.6. The van der Waals surface area contributed by atoms with Crippen molar-refractivity contribution in [2.24, 2.45) is 0 Å². The van der Waals surface area contributed by atoms with Crippen LogP contribution in [0.5, 0.6) is 0 Å². The van der Waals surface area contributed by atoms with Crippen molar-refractivity contribution in [1.29, 1.82) is 0 Å². The molecule has 60 heavy (non-hydrogen) atoms. The van der Waals surface area contributed by atoms with Crippen LogP contribution in [0.3, 0.4) is 0 Å². The summed E-state index contributed by atoms with van der Waals surface area (Å²) < 4.78 is 0. The number of benzene rings is 7. The van der Waals surface area contributed by atoms with Crippen LogP contribution in [0.4, 0.5) is 0 Å². The molecule has 0 spiro atoms. The van der Waals surface area contributed by atoms with Crippen molar-refractivity contribution in [3.05, 3.63) is 0 Å². The molecule has 0 N–H and O–H groups in total. The summed E-state index contributed by atoms with van der Waals surface area (Å²) >= 11 is 0. The van der Waals surface area contributed by atoms with Crippen molar-refractivity contribution >= 4 is 352 Å². The van der Waals surface area contributed by atoms with Gasteiger partial charge in [-0.25, -0.2) is 0 Å². The lowest BCUT2D eigenvalue weighted by Crippen LogP contribution is -2.56. The first-order valence-electron chi connectivity index (χ1n) is 22.5. The predicted molar refractivity (Wildman–Crippen MR) is 352 cm³/mol. The maximum Gasteiger partial charge on any atom is 0.140 e. The van der Waals surface area contributed by atoms with Crippen LogP contribution in [0.2, 0.25) is 0 Å². The lowest BCUT2D eigenvalue weighted by Gasteiger charge is -2.33. The van der Waals surface area contributed by atoms with Crippen LogP contribution >= 0.6 is 0 Å². The van der Waals surface area contributed by atoms with Gasteiger partial charge >= 0.3 is 0 Å². The van der Waals surface area contributed by atoms with Crippen LogP contribution in [0.25, 0.3) is 65.7 Å². The summed E-state index contributed by atoms with van der Waals surface area (Å²) in [5.74, 6) is 0. The molecule has 0 amide bonds. The van der Waals surface area contributed by atoms with Gasteiger partial charge < -0.3 is 0 Å². The molecule has 0 heterocycles. The van der Waals surface area contributed by atoms with Crippen molar-refractivity contribution < 1.29 is 0 Å². The third-order valence-electron chi connectivity index (χ3n) is 17.6. The molecule has 0 atom stereocenters. The van der Waals surface area contributed by atoms with Gasteiger partial charge in [-0.3, -0.25) is 0 Å². The topological polar surface area (TPSA) is 0 Å². The minimum absolute atomic E-state index is 1.40. The highest BCUT2D eigenvalue weighted by atomic mass is 14.3. The van der Waals surface area contributed by atoms with Crippen LogP contribution in [0.1, 0.15) is 0 Å². The second-order valence-corrected chi connectivity index (χ2v) is 19.5. The van der Waals surface area contributed by atoms with Gasteiger partial charge in [0, 0.05) is 0 Å². The smallest absolute Gasteiger partial charge is 0.102 e. The molecule has 0 fully saturated rings. The van der Waals surface area contributed by atoms with E-state index in [9.17, 15) is 0 Å². The van der Waals surface area contributed by atoms with E-state index in [0.29, 0.717) is 0 Å². The van der Waals surface area contributed by atoms with Gasteiger partial charge in [-0.05, 0) is 65.7 Å². The van der Waals surface area contributed by atoms with Gasteiger partial charge in [0.05, 0.1) is 0 Å². The Balaban J connectivity index is 1.97. The molecule has 264 valence electrons. The van der Waals surface area contributed by atoms with Gasteiger partial charge in [-0.2, -0.15) is 0 Å². The molecule has 24 heteroatoms. The van der Waals surface area contributed by atoms with Crippen LogP contribution in [0, 0.1) is 0 Å². The minimum atomic E-state index is 1.40. The normalized spacial score (nSPS) is 11.6. The maximum atomic E-state index is 2.49. The van der Waals surface area contributed by atoms with Gasteiger partial charge in [0.25, 0.3) is 0 Å². The maximum absolute atomic E-state index is 2.49. The summed E-state index contributed by atoms with van der Waals surface area (Å²) in [6.07, 6.45) is 0. The van der Waals surface area contributed by atoms with Crippen LogP contribution in [-0.4, -0.2) is 188 Å². The Morgan fingerprint density at radius 3 is 0.567 bits per heavy atom. The zero-order chi connectivity index (χ0) is 44.8. The molecular weight excluding hydrogens is 692 g/mol. The molecule has 0 aliphatic heterocycles. The molecule has 0 radical (unpaired) electrons. The lowest BCUT2D eigenvalue weighted by molar-refractivity contribution is 1.83. The number of hydrogen-bond donors (Lipinski definition) is 0. The first-order valence-corrected chi connectivity index (χ1v) is 22.5. The molecule has 0 aromatic heterocycles. The largest absolute Gasteiger partial charge is 0.140 e. The molecule has 7 aromatic rings. The van der Waals surface area contributed by atoms with Crippen molar-refractivity contribution in [2.75, 3.05) is 0 Å². The van der Waals surface area contributed by atoms with Crippen molar-refractivity contribution in [1.82, 2.24) is 0 Å². The zero-order valence-corrected chi connectivity index (χ0v) is 42.0. The molecule has 0 saturated heterocycles. The molecule has 0 saturated carbocycles. The van der Waals surface area contributed by atoms with Crippen LogP contribution < -0.4 is 131 Å². The summed E-state index contributed by atoms with van der Waals surface area (Å²) in [7, 11) is 57.1. The van der Waals surface area contributed by atoms with E-state index in [-0.39, 0.29) is 0 Å². The molecule has 7 rings (SSSR count). The quantitative estimate of drug-likeness (QED) is 0.125. The SMILES string of the molecule is Bc1c(B)c(B)c(-c2c3c(B)c(B)c(B)c(B)c3c(-c3c(B)c(B)c(B)c(B)c3B)c3c(B)c(-c4c(B)c(B)c(B)c5c(B)c(B)c(B)c(B)c45)c(B)c(B)c23)c(B)c1B. The van der Waals surface area contributed by atoms with Crippen molar-refractivity contribution in [2.45, 2.75) is 0 Å². The number of hydrogen-bond acceptors (Lipinski definition) is 0. The van der Waals surface area contributed by atoms with Crippen molar-refractivity contribution in [3.63, 3.8) is 0 Å². The van der Waals surface area contributed by atoms with Gasteiger partial charge in [0.2, 0.25) is 0 Å². The fourth-order valence-corrected chi connectivity index (χ4v) is 11.8. The summed E-state index contributed by atoms with van der Waals surface area (Å²) in [6.45, 7) is 0. The van der Waals surface area contributed by atoms with Crippen LogP contribution in [-0.2, 0) is 0 Å².